The van der Waals surface area contributed by atoms with Crippen molar-refractivity contribution in [1.82, 2.24) is 14.5 Å². The summed E-state index contributed by atoms with van der Waals surface area (Å²) in [5, 5.41) is 23.3. The van der Waals surface area contributed by atoms with E-state index in [-0.39, 0.29) is 6.61 Å². The van der Waals surface area contributed by atoms with Gasteiger partial charge in [-0.2, -0.15) is 10.2 Å². The highest BCUT2D eigenvalue weighted by Crippen LogP contribution is 2.29. The number of nitriles is 1. The van der Waals surface area contributed by atoms with Crippen LogP contribution in [0.5, 0.6) is 0 Å². The van der Waals surface area contributed by atoms with E-state index < -0.39 is 0 Å². The number of fused-ring (bicyclic) bond motifs is 2. The van der Waals surface area contributed by atoms with Gasteiger partial charge in [-0.1, -0.05) is 30.3 Å². The lowest BCUT2D eigenvalue weighted by Crippen LogP contribution is -2.19. The first kappa shape index (κ1) is 20.2. The van der Waals surface area contributed by atoms with Gasteiger partial charge in [-0.15, -0.1) is 0 Å². The molecule has 0 atom stereocenters. The number of aliphatic hydroxyl groups is 1. The average Bonchev–Trinajstić information content (AvgIpc) is 3.18. The Labute approximate surface area is 185 Å². The summed E-state index contributed by atoms with van der Waals surface area (Å²) < 4.78 is 7.69. The summed E-state index contributed by atoms with van der Waals surface area (Å²) in [7, 11) is 0. The van der Waals surface area contributed by atoms with Gasteiger partial charge < -0.3 is 15.2 Å². The van der Waals surface area contributed by atoms with E-state index in [1.54, 1.807) is 0 Å². The number of ether oxygens (including phenoxy) is 1. The predicted octanol–water partition coefficient (Wildman–Crippen LogP) is 3.78. The number of nitrogens with one attached hydrogen (secondary N) is 1. The van der Waals surface area contributed by atoms with Crippen molar-refractivity contribution < 1.29 is 9.84 Å². The molecule has 0 fully saturated rings. The third kappa shape index (κ3) is 3.60. The molecule has 0 saturated carbocycles. The fourth-order valence-corrected chi connectivity index (χ4v) is 4.21. The zero-order valence-electron chi connectivity index (χ0n) is 17.8. The van der Waals surface area contributed by atoms with Gasteiger partial charge in [-0.25, -0.2) is 4.98 Å². The van der Waals surface area contributed by atoms with E-state index in [1.165, 1.54) is 0 Å². The van der Waals surface area contributed by atoms with E-state index in [4.69, 9.17) is 14.7 Å². The minimum atomic E-state index is 0.0133. The second-order valence-corrected chi connectivity index (χ2v) is 7.90. The van der Waals surface area contributed by atoms with E-state index in [0.717, 1.165) is 51.2 Å². The Morgan fingerprint density at radius 1 is 1.16 bits per heavy atom. The van der Waals surface area contributed by atoms with Gasteiger partial charge in [0.15, 0.2) is 0 Å². The molecule has 2 aromatic carbocycles. The summed E-state index contributed by atoms with van der Waals surface area (Å²) in [6, 6.07) is 17.8. The van der Waals surface area contributed by atoms with Crippen molar-refractivity contribution in [3.05, 3.63) is 82.2 Å². The molecule has 0 amide bonds. The second kappa shape index (κ2) is 8.42. The van der Waals surface area contributed by atoms with E-state index in [1.807, 2.05) is 60.0 Å². The molecule has 0 saturated heterocycles. The molecule has 0 spiro atoms. The number of anilines is 1. The highest BCUT2D eigenvalue weighted by molar-refractivity contribution is 5.88. The summed E-state index contributed by atoms with van der Waals surface area (Å²) >= 11 is 0. The van der Waals surface area contributed by atoms with Crippen molar-refractivity contribution >= 4 is 16.7 Å². The standard InChI is InChI=1S/C25H23N5O2/c1-16-10-20-19(12-26)6-3-7-23(20)30(16)25-28-22-8-9-32-15-21(22)24(29-25)27-13-17-4-2-5-18(11-17)14-31/h2-7,10-11,31H,8-9,13-15H2,1H3,(H,27,28,29). The quantitative estimate of drug-likeness (QED) is 0.505. The minimum Gasteiger partial charge on any atom is -0.392 e. The van der Waals surface area contributed by atoms with Crippen molar-refractivity contribution in [2.45, 2.75) is 33.1 Å². The Hall–Kier alpha value is -3.73. The Bertz CT molecular complexity index is 1350. The molecule has 4 aromatic rings. The van der Waals surface area contributed by atoms with Gasteiger partial charge in [-0.3, -0.25) is 4.57 Å². The maximum absolute atomic E-state index is 9.49. The molecule has 0 radical (unpaired) electrons. The lowest BCUT2D eigenvalue weighted by Gasteiger charge is -2.21. The Kier molecular flexibility index (Phi) is 5.31. The summed E-state index contributed by atoms with van der Waals surface area (Å²) in [5.41, 5.74) is 6.41. The van der Waals surface area contributed by atoms with Gasteiger partial charge in [0, 0.05) is 29.6 Å². The number of benzene rings is 2. The second-order valence-electron chi connectivity index (χ2n) is 7.90. The van der Waals surface area contributed by atoms with E-state index in [0.29, 0.717) is 31.3 Å². The summed E-state index contributed by atoms with van der Waals surface area (Å²) in [6.07, 6.45) is 0.723. The fraction of sp³-hybridized carbons (Fsp3) is 0.240. The van der Waals surface area contributed by atoms with Gasteiger partial charge in [0.1, 0.15) is 5.82 Å². The first-order valence-corrected chi connectivity index (χ1v) is 10.6. The maximum Gasteiger partial charge on any atom is 0.236 e. The summed E-state index contributed by atoms with van der Waals surface area (Å²) in [6.45, 7) is 3.69. The lowest BCUT2D eigenvalue weighted by atomic mass is 10.1. The zero-order chi connectivity index (χ0) is 22.1. The van der Waals surface area contributed by atoms with Crippen LogP contribution in [0.4, 0.5) is 5.82 Å². The van der Waals surface area contributed by atoms with Crippen LogP contribution < -0.4 is 5.32 Å². The Morgan fingerprint density at radius 2 is 2.00 bits per heavy atom. The fourth-order valence-electron chi connectivity index (χ4n) is 4.21. The van der Waals surface area contributed by atoms with Crippen LogP contribution in [0, 0.1) is 18.3 Å². The Balaban J connectivity index is 1.58. The van der Waals surface area contributed by atoms with Crippen LogP contribution in [0.25, 0.3) is 16.9 Å². The van der Waals surface area contributed by atoms with Crippen LogP contribution in [0.1, 0.15) is 33.6 Å². The molecule has 160 valence electrons. The number of hydrogen-bond donors (Lipinski definition) is 2. The smallest absolute Gasteiger partial charge is 0.236 e. The number of rotatable bonds is 5. The first-order chi connectivity index (χ1) is 15.7. The molecule has 0 unspecified atom stereocenters. The molecule has 1 aliphatic rings. The van der Waals surface area contributed by atoms with Crippen molar-refractivity contribution in [3.8, 4) is 12.0 Å². The van der Waals surface area contributed by atoms with Crippen LogP contribution in [0.3, 0.4) is 0 Å². The van der Waals surface area contributed by atoms with Crippen LogP contribution in [0.15, 0.2) is 48.5 Å². The average molecular weight is 425 g/mol. The monoisotopic (exact) mass is 425 g/mol. The zero-order valence-corrected chi connectivity index (χ0v) is 17.8. The number of nitrogens with zero attached hydrogens (tertiary/aromatic N) is 4. The predicted molar refractivity (Wildman–Crippen MR) is 121 cm³/mol. The molecule has 1 aliphatic heterocycles. The molecule has 32 heavy (non-hydrogen) atoms. The highest BCUT2D eigenvalue weighted by atomic mass is 16.5. The normalized spacial score (nSPS) is 13.0. The van der Waals surface area contributed by atoms with Crippen LogP contribution in [-0.4, -0.2) is 26.2 Å². The molecular weight excluding hydrogens is 402 g/mol. The van der Waals surface area contributed by atoms with Crippen LogP contribution in [-0.2, 0) is 30.9 Å². The third-order valence-electron chi connectivity index (χ3n) is 5.79. The molecule has 0 bridgehead atoms. The van der Waals surface area contributed by atoms with E-state index in [9.17, 15) is 10.4 Å². The molecule has 2 aromatic heterocycles. The first-order valence-electron chi connectivity index (χ1n) is 10.6. The molecule has 7 heteroatoms. The molecular formula is C25H23N5O2. The van der Waals surface area contributed by atoms with Gasteiger partial charge in [0.2, 0.25) is 5.95 Å². The van der Waals surface area contributed by atoms with Gasteiger partial charge in [0.25, 0.3) is 0 Å². The number of aryl methyl sites for hydroxylation is 1. The van der Waals surface area contributed by atoms with Crippen LogP contribution >= 0.6 is 0 Å². The molecule has 2 N–H and O–H groups in total. The van der Waals surface area contributed by atoms with Gasteiger partial charge in [0.05, 0.1) is 42.7 Å². The SMILES string of the molecule is Cc1cc2c(C#N)cccc2n1-c1nc2c(c(NCc3cccc(CO)c3)n1)COCC2. The van der Waals surface area contributed by atoms with E-state index >= 15 is 0 Å². The molecule has 5 rings (SSSR count). The lowest BCUT2D eigenvalue weighted by molar-refractivity contribution is 0.109. The van der Waals surface area contributed by atoms with Gasteiger partial charge in [-0.05, 0) is 36.2 Å². The molecule has 3 heterocycles. The maximum atomic E-state index is 9.49. The largest absolute Gasteiger partial charge is 0.392 e. The van der Waals surface area contributed by atoms with Crippen molar-refractivity contribution in [1.29, 1.82) is 5.26 Å². The number of aliphatic hydroxyl groups excluding tert-OH is 1. The summed E-state index contributed by atoms with van der Waals surface area (Å²) in [4.78, 5) is 9.76. The topological polar surface area (TPSA) is 96.0 Å². The Morgan fingerprint density at radius 3 is 2.84 bits per heavy atom. The van der Waals surface area contributed by atoms with Crippen molar-refractivity contribution in [2.24, 2.45) is 0 Å². The minimum absolute atomic E-state index is 0.0133. The highest BCUT2D eigenvalue weighted by Gasteiger charge is 2.21. The van der Waals surface area contributed by atoms with E-state index in [2.05, 4.69) is 11.4 Å². The van der Waals surface area contributed by atoms with Gasteiger partial charge >= 0.3 is 0 Å². The van der Waals surface area contributed by atoms with Crippen molar-refractivity contribution in [2.75, 3.05) is 11.9 Å². The van der Waals surface area contributed by atoms with Crippen LogP contribution in [0.2, 0.25) is 0 Å². The third-order valence-corrected chi connectivity index (χ3v) is 5.79. The summed E-state index contributed by atoms with van der Waals surface area (Å²) in [5.74, 6) is 1.33. The number of hydrogen-bond acceptors (Lipinski definition) is 6. The van der Waals surface area contributed by atoms with Crippen molar-refractivity contribution in [3.63, 3.8) is 0 Å². The molecule has 0 aliphatic carbocycles. The molecule has 7 nitrogen and oxygen atoms in total. The number of aromatic nitrogens is 3.